The SMILES string of the molecule is CC(=CCO)CCC1(C)C(CO)C(OC(=O)CCC(=O)O)CC2(C)C(C)=CCCC21. The molecular formula is C24H38O6. The zero-order chi connectivity index (χ0) is 22.5. The maximum absolute atomic E-state index is 12.4. The molecule has 2 aliphatic rings. The zero-order valence-electron chi connectivity index (χ0n) is 18.8. The van der Waals surface area contributed by atoms with Gasteiger partial charge in [-0.3, -0.25) is 9.59 Å². The van der Waals surface area contributed by atoms with E-state index >= 15 is 0 Å². The van der Waals surface area contributed by atoms with Crippen LogP contribution < -0.4 is 0 Å². The van der Waals surface area contributed by atoms with Crippen LogP contribution in [0.4, 0.5) is 0 Å². The molecule has 0 aromatic heterocycles. The van der Waals surface area contributed by atoms with Crippen LogP contribution in [0.15, 0.2) is 23.3 Å². The van der Waals surface area contributed by atoms with Gasteiger partial charge in [0.15, 0.2) is 0 Å². The summed E-state index contributed by atoms with van der Waals surface area (Å²) in [5.41, 5.74) is 2.03. The Hall–Kier alpha value is -1.66. The van der Waals surface area contributed by atoms with E-state index in [-0.39, 0.29) is 42.8 Å². The number of esters is 1. The molecule has 1 fully saturated rings. The molecule has 0 amide bonds. The van der Waals surface area contributed by atoms with Crippen LogP contribution in [-0.2, 0) is 14.3 Å². The Bertz CT molecular complexity index is 696. The van der Waals surface area contributed by atoms with Crippen molar-refractivity contribution in [2.45, 2.75) is 78.7 Å². The lowest BCUT2D eigenvalue weighted by molar-refractivity contribution is -0.180. The Balaban J connectivity index is 2.35. The Labute approximate surface area is 180 Å². The van der Waals surface area contributed by atoms with Gasteiger partial charge in [0.05, 0.1) is 19.4 Å². The molecule has 5 atom stereocenters. The van der Waals surface area contributed by atoms with Gasteiger partial charge in [0, 0.05) is 12.5 Å². The van der Waals surface area contributed by atoms with Gasteiger partial charge in [-0.15, -0.1) is 0 Å². The lowest BCUT2D eigenvalue weighted by atomic mass is 9.46. The average molecular weight is 423 g/mol. The van der Waals surface area contributed by atoms with Crippen molar-refractivity contribution in [2.24, 2.45) is 22.7 Å². The third-order valence-corrected chi connectivity index (χ3v) is 7.81. The molecule has 0 radical (unpaired) electrons. The molecule has 170 valence electrons. The first-order chi connectivity index (χ1) is 14.1. The molecule has 5 unspecified atom stereocenters. The average Bonchev–Trinajstić information content (AvgIpc) is 2.67. The first kappa shape index (κ1) is 24.6. The molecule has 30 heavy (non-hydrogen) atoms. The maximum Gasteiger partial charge on any atom is 0.306 e. The van der Waals surface area contributed by atoms with Gasteiger partial charge in [-0.05, 0) is 62.7 Å². The molecule has 0 spiro atoms. The van der Waals surface area contributed by atoms with E-state index in [1.54, 1.807) is 0 Å². The van der Waals surface area contributed by atoms with Crippen LogP contribution in [0.3, 0.4) is 0 Å². The topological polar surface area (TPSA) is 104 Å². The number of aliphatic hydroxyl groups is 2. The first-order valence-corrected chi connectivity index (χ1v) is 11.0. The summed E-state index contributed by atoms with van der Waals surface area (Å²) in [5.74, 6) is -1.40. The summed E-state index contributed by atoms with van der Waals surface area (Å²) in [6, 6.07) is 0. The highest BCUT2D eigenvalue weighted by Gasteiger charge is 2.58. The largest absolute Gasteiger partial charge is 0.481 e. The second-order valence-electron chi connectivity index (χ2n) is 9.59. The van der Waals surface area contributed by atoms with Crippen LogP contribution >= 0.6 is 0 Å². The smallest absolute Gasteiger partial charge is 0.306 e. The van der Waals surface area contributed by atoms with Crippen LogP contribution in [-0.4, -0.2) is 46.6 Å². The normalized spacial score (nSPS) is 34.1. The third-order valence-electron chi connectivity index (χ3n) is 7.81. The quantitative estimate of drug-likeness (QED) is 0.385. The maximum atomic E-state index is 12.4. The molecule has 0 heterocycles. The van der Waals surface area contributed by atoms with E-state index < -0.39 is 18.0 Å². The molecular weight excluding hydrogens is 384 g/mol. The predicted molar refractivity (Wildman–Crippen MR) is 115 cm³/mol. The molecule has 0 bridgehead atoms. The monoisotopic (exact) mass is 422 g/mol. The summed E-state index contributed by atoms with van der Waals surface area (Å²) in [6.45, 7) is 8.53. The highest BCUT2D eigenvalue weighted by Crippen LogP contribution is 2.62. The number of aliphatic hydroxyl groups excluding tert-OH is 2. The number of ether oxygens (including phenoxy) is 1. The summed E-state index contributed by atoms with van der Waals surface area (Å²) in [7, 11) is 0. The van der Waals surface area contributed by atoms with Gasteiger partial charge in [-0.1, -0.05) is 37.1 Å². The lowest BCUT2D eigenvalue weighted by Gasteiger charge is -2.60. The number of hydrogen-bond donors (Lipinski definition) is 3. The molecule has 6 heteroatoms. The van der Waals surface area contributed by atoms with Crippen LogP contribution in [0.1, 0.15) is 72.6 Å². The summed E-state index contributed by atoms with van der Waals surface area (Å²) in [6.07, 6.45) is 7.55. The minimum Gasteiger partial charge on any atom is -0.481 e. The fourth-order valence-corrected chi connectivity index (χ4v) is 5.87. The number of carboxylic acid groups (broad SMARTS) is 1. The van der Waals surface area contributed by atoms with Crippen molar-refractivity contribution in [1.82, 2.24) is 0 Å². The highest BCUT2D eigenvalue weighted by atomic mass is 16.5. The lowest BCUT2D eigenvalue weighted by Crippen LogP contribution is -2.57. The van der Waals surface area contributed by atoms with Crippen LogP contribution in [0.2, 0.25) is 0 Å². The van der Waals surface area contributed by atoms with Gasteiger partial charge in [0.25, 0.3) is 0 Å². The van der Waals surface area contributed by atoms with E-state index in [9.17, 15) is 19.8 Å². The van der Waals surface area contributed by atoms with Crippen LogP contribution in [0, 0.1) is 22.7 Å². The number of allylic oxidation sites excluding steroid dienone is 3. The minimum atomic E-state index is -1.02. The molecule has 0 aliphatic heterocycles. The zero-order valence-corrected chi connectivity index (χ0v) is 18.8. The minimum absolute atomic E-state index is 0.0127. The molecule has 6 nitrogen and oxygen atoms in total. The summed E-state index contributed by atoms with van der Waals surface area (Å²) < 4.78 is 5.81. The molecule has 1 saturated carbocycles. The number of aliphatic carboxylic acids is 1. The Morgan fingerprint density at radius 2 is 1.93 bits per heavy atom. The van der Waals surface area contributed by atoms with E-state index in [0.29, 0.717) is 12.3 Å². The second-order valence-corrected chi connectivity index (χ2v) is 9.59. The van der Waals surface area contributed by atoms with Crippen molar-refractivity contribution in [1.29, 1.82) is 0 Å². The van der Waals surface area contributed by atoms with Gasteiger partial charge < -0.3 is 20.1 Å². The standard InChI is InChI=1S/C24H38O6/c1-16(11-13-25)10-12-23(3)18(15-26)19(30-22(29)9-8-21(27)28)14-24(4)17(2)6-5-7-20(23)24/h6,11,18-20,25-26H,5,7-10,12-15H2,1-4H3,(H,27,28). The van der Waals surface area contributed by atoms with Gasteiger partial charge >= 0.3 is 11.9 Å². The number of carbonyl (C=O) groups excluding carboxylic acids is 1. The van der Waals surface area contributed by atoms with E-state index in [2.05, 4.69) is 26.8 Å². The number of hydrogen-bond acceptors (Lipinski definition) is 5. The number of fused-ring (bicyclic) bond motifs is 1. The van der Waals surface area contributed by atoms with E-state index in [1.165, 1.54) is 5.57 Å². The van der Waals surface area contributed by atoms with Crippen molar-refractivity contribution in [3.8, 4) is 0 Å². The number of rotatable bonds is 9. The molecule has 2 rings (SSSR count). The van der Waals surface area contributed by atoms with Gasteiger partial charge in [0.1, 0.15) is 6.10 Å². The fourth-order valence-electron chi connectivity index (χ4n) is 5.87. The summed E-state index contributed by atoms with van der Waals surface area (Å²) >= 11 is 0. The highest BCUT2D eigenvalue weighted by molar-refractivity contribution is 5.76. The molecule has 3 N–H and O–H groups in total. The summed E-state index contributed by atoms with van der Waals surface area (Å²) in [4.78, 5) is 23.2. The van der Waals surface area contributed by atoms with Crippen molar-refractivity contribution in [3.63, 3.8) is 0 Å². The second kappa shape index (κ2) is 10.1. The molecule has 0 aromatic carbocycles. The molecule has 0 saturated heterocycles. The van der Waals surface area contributed by atoms with E-state index in [4.69, 9.17) is 9.84 Å². The van der Waals surface area contributed by atoms with Gasteiger partial charge in [0.2, 0.25) is 0 Å². The number of carboxylic acids is 1. The summed E-state index contributed by atoms with van der Waals surface area (Å²) in [5, 5.41) is 28.5. The molecule has 0 aromatic rings. The van der Waals surface area contributed by atoms with Crippen LogP contribution in [0.5, 0.6) is 0 Å². The Morgan fingerprint density at radius 1 is 1.23 bits per heavy atom. The third kappa shape index (κ3) is 5.14. The first-order valence-electron chi connectivity index (χ1n) is 11.0. The van der Waals surface area contributed by atoms with Crippen molar-refractivity contribution in [2.75, 3.05) is 13.2 Å². The predicted octanol–water partition coefficient (Wildman–Crippen LogP) is 3.86. The Kier molecular flexibility index (Phi) is 8.28. The number of carbonyl (C=O) groups is 2. The van der Waals surface area contributed by atoms with Crippen molar-refractivity contribution in [3.05, 3.63) is 23.3 Å². The van der Waals surface area contributed by atoms with Gasteiger partial charge in [-0.2, -0.15) is 0 Å². The van der Waals surface area contributed by atoms with Crippen molar-refractivity contribution >= 4 is 11.9 Å². The van der Waals surface area contributed by atoms with E-state index in [1.807, 2.05) is 13.0 Å². The van der Waals surface area contributed by atoms with Crippen LogP contribution in [0.25, 0.3) is 0 Å². The molecule has 2 aliphatic carbocycles. The van der Waals surface area contributed by atoms with Gasteiger partial charge in [-0.25, -0.2) is 0 Å². The fraction of sp³-hybridized carbons (Fsp3) is 0.750. The van der Waals surface area contributed by atoms with E-state index in [0.717, 1.165) is 31.3 Å². The Morgan fingerprint density at radius 3 is 2.53 bits per heavy atom. The van der Waals surface area contributed by atoms with Crippen molar-refractivity contribution < 1.29 is 29.6 Å².